The van der Waals surface area contributed by atoms with Gasteiger partial charge in [-0.05, 0) is 37.6 Å². The van der Waals surface area contributed by atoms with Gasteiger partial charge in [0.2, 0.25) is 0 Å². The fourth-order valence-corrected chi connectivity index (χ4v) is 2.69. The van der Waals surface area contributed by atoms with E-state index in [4.69, 9.17) is 0 Å². The Morgan fingerprint density at radius 2 is 1.50 bits per heavy atom. The predicted molar refractivity (Wildman–Crippen MR) is 96.3 cm³/mol. The van der Waals surface area contributed by atoms with Crippen LogP contribution in [0.25, 0.3) is 0 Å². The first-order valence-corrected chi connectivity index (χ1v) is 8.96. The maximum Gasteiger partial charge on any atom is 0.254 e. The second-order valence-electron chi connectivity index (χ2n) is 4.57. The topological polar surface area (TPSA) is 32.3 Å². The summed E-state index contributed by atoms with van der Waals surface area (Å²) in [5.74, 6) is 0.225. The number of fused-ring (bicyclic) bond motifs is 1. The highest BCUT2D eigenvalue weighted by molar-refractivity contribution is 5.98. The first kappa shape index (κ1) is 20.6. The van der Waals surface area contributed by atoms with Gasteiger partial charge in [-0.2, -0.15) is 0 Å². The van der Waals surface area contributed by atoms with Crippen LogP contribution in [-0.2, 0) is 6.54 Å². The van der Waals surface area contributed by atoms with Gasteiger partial charge in [0.25, 0.3) is 5.91 Å². The number of nitrogens with zero attached hydrogens (tertiary/aromatic N) is 1. The van der Waals surface area contributed by atoms with E-state index < -0.39 is 0 Å². The Kier molecular flexibility index (Phi) is 11.5. The average Bonchev–Trinajstić information content (AvgIpc) is 2.98. The normalized spacial score (nSPS) is 16.3. The van der Waals surface area contributed by atoms with Crippen molar-refractivity contribution in [2.24, 2.45) is 0 Å². The summed E-state index contributed by atoms with van der Waals surface area (Å²) in [6, 6.07) is 8.40. The minimum atomic E-state index is 0.225. The molecule has 0 atom stereocenters. The summed E-state index contributed by atoms with van der Waals surface area (Å²) in [6.07, 6.45) is 2.17. The lowest BCUT2D eigenvalue weighted by molar-refractivity contribution is 0.0668. The zero-order valence-electron chi connectivity index (χ0n) is 15.3. The molecule has 2 aliphatic heterocycles. The van der Waals surface area contributed by atoms with E-state index in [1.807, 2.05) is 64.6 Å². The van der Waals surface area contributed by atoms with E-state index in [1.54, 1.807) is 0 Å². The van der Waals surface area contributed by atoms with Crippen LogP contribution in [0.5, 0.6) is 0 Å². The maximum atomic E-state index is 12.2. The van der Waals surface area contributed by atoms with E-state index in [1.165, 1.54) is 5.56 Å². The Morgan fingerprint density at radius 1 is 0.955 bits per heavy atom. The van der Waals surface area contributed by atoms with Crippen LogP contribution >= 0.6 is 0 Å². The number of amides is 1. The molecule has 0 unspecified atom stereocenters. The number of carbonyl (C=O) groups is 1. The van der Waals surface area contributed by atoms with Crippen LogP contribution in [0.15, 0.2) is 24.3 Å². The minimum Gasteiger partial charge on any atom is -0.331 e. The highest BCUT2D eigenvalue weighted by atomic mass is 16.2. The van der Waals surface area contributed by atoms with Gasteiger partial charge in [-0.15, -0.1) is 0 Å². The molecule has 22 heavy (non-hydrogen) atoms. The molecule has 1 aromatic rings. The Hall–Kier alpha value is -1.35. The summed E-state index contributed by atoms with van der Waals surface area (Å²) in [5.41, 5.74) is 2.09. The molecular weight excluding hydrogens is 272 g/mol. The van der Waals surface area contributed by atoms with E-state index in [0.717, 1.165) is 38.0 Å². The Balaban J connectivity index is 0.000000661. The van der Waals surface area contributed by atoms with Crippen molar-refractivity contribution in [3.05, 3.63) is 35.4 Å². The smallest absolute Gasteiger partial charge is 0.254 e. The van der Waals surface area contributed by atoms with Crippen LogP contribution in [-0.4, -0.2) is 29.9 Å². The number of benzene rings is 1. The Labute approximate surface area is 137 Å². The number of carbonyl (C=O) groups excluding carboxylic acids is 1. The maximum absolute atomic E-state index is 12.2. The molecule has 0 spiro atoms. The van der Waals surface area contributed by atoms with E-state index in [2.05, 4.69) is 11.4 Å². The summed E-state index contributed by atoms with van der Waals surface area (Å²) >= 11 is 0. The molecular formula is C19H34N2O. The van der Waals surface area contributed by atoms with Crippen molar-refractivity contribution in [2.45, 2.75) is 67.0 Å². The van der Waals surface area contributed by atoms with Gasteiger partial charge >= 0.3 is 0 Å². The zero-order chi connectivity index (χ0) is 17.0. The van der Waals surface area contributed by atoms with E-state index >= 15 is 0 Å². The summed E-state index contributed by atoms with van der Waals surface area (Å²) in [6.45, 7) is 14.9. The molecule has 1 saturated heterocycles. The molecule has 0 saturated carbocycles. The molecule has 3 rings (SSSR count). The van der Waals surface area contributed by atoms with Crippen molar-refractivity contribution in [2.75, 3.05) is 13.1 Å². The van der Waals surface area contributed by atoms with E-state index in [-0.39, 0.29) is 5.91 Å². The summed E-state index contributed by atoms with van der Waals surface area (Å²) in [7, 11) is 0. The van der Waals surface area contributed by atoms with Gasteiger partial charge in [-0.3, -0.25) is 4.79 Å². The molecule has 1 amide bonds. The van der Waals surface area contributed by atoms with Crippen LogP contribution < -0.4 is 5.32 Å². The van der Waals surface area contributed by atoms with Crippen LogP contribution in [0, 0.1) is 0 Å². The molecule has 0 radical (unpaired) electrons. The minimum absolute atomic E-state index is 0.225. The second kappa shape index (κ2) is 12.2. The molecule has 1 N–H and O–H groups in total. The molecule has 3 heteroatoms. The quantitative estimate of drug-likeness (QED) is 0.830. The Morgan fingerprint density at radius 3 is 2.05 bits per heavy atom. The van der Waals surface area contributed by atoms with Crippen LogP contribution in [0.4, 0.5) is 0 Å². The predicted octanol–water partition coefficient (Wildman–Crippen LogP) is 4.47. The summed E-state index contributed by atoms with van der Waals surface area (Å²) < 4.78 is 0. The van der Waals surface area contributed by atoms with Gasteiger partial charge in [0, 0.05) is 18.2 Å². The molecule has 126 valence electrons. The van der Waals surface area contributed by atoms with Gasteiger partial charge in [0.1, 0.15) is 0 Å². The highest BCUT2D eigenvalue weighted by Crippen LogP contribution is 2.26. The first-order valence-electron chi connectivity index (χ1n) is 8.96. The molecule has 0 aliphatic carbocycles. The van der Waals surface area contributed by atoms with Crippen molar-refractivity contribution in [1.82, 2.24) is 10.2 Å². The van der Waals surface area contributed by atoms with Crippen LogP contribution in [0.1, 0.15) is 70.3 Å². The number of hydrogen-bond acceptors (Lipinski definition) is 2. The van der Waals surface area contributed by atoms with E-state index in [0.29, 0.717) is 6.04 Å². The molecule has 0 bridgehead atoms. The summed E-state index contributed by atoms with van der Waals surface area (Å²) in [5, 5.41) is 3.34. The lowest BCUT2D eigenvalue weighted by Crippen LogP contribution is -2.43. The average molecular weight is 306 g/mol. The molecule has 1 fully saturated rings. The highest BCUT2D eigenvalue weighted by Gasteiger charge is 2.32. The van der Waals surface area contributed by atoms with Gasteiger partial charge in [-0.1, -0.05) is 59.7 Å². The fraction of sp³-hybridized carbons (Fsp3) is 0.632. The largest absolute Gasteiger partial charge is 0.331 e. The SMILES string of the molecule is CC.CC.CC.O=C1c2ccccc2CN1C1CCNCC1. The lowest BCUT2D eigenvalue weighted by Gasteiger charge is -2.31. The second-order valence-corrected chi connectivity index (χ2v) is 4.57. The van der Waals surface area contributed by atoms with Crippen molar-refractivity contribution in [3.8, 4) is 0 Å². The van der Waals surface area contributed by atoms with Crippen LogP contribution in [0.2, 0.25) is 0 Å². The summed E-state index contributed by atoms with van der Waals surface area (Å²) in [4.78, 5) is 14.2. The van der Waals surface area contributed by atoms with Gasteiger partial charge in [0.05, 0.1) is 0 Å². The van der Waals surface area contributed by atoms with Crippen LogP contribution in [0.3, 0.4) is 0 Å². The van der Waals surface area contributed by atoms with Crippen molar-refractivity contribution < 1.29 is 4.79 Å². The van der Waals surface area contributed by atoms with Gasteiger partial charge in [-0.25, -0.2) is 0 Å². The third-order valence-corrected chi connectivity index (χ3v) is 3.60. The third kappa shape index (κ3) is 5.13. The zero-order valence-corrected chi connectivity index (χ0v) is 15.3. The first-order chi connectivity index (χ1) is 10.9. The number of hydrogen-bond donors (Lipinski definition) is 1. The standard InChI is InChI=1S/C13H16N2O.3C2H6/c16-13-12-4-2-1-3-10(12)9-15(13)11-5-7-14-8-6-11;3*1-2/h1-4,11,14H,5-9H2;3*1-2H3. The molecule has 2 heterocycles. The fourth-order valence-electron chi connectivity index (χ4n) is 2.69. The van der Waals surface area contributed by atoms with Gasteiger partial charge in [0.15, 0.2) is 0 Å². The molecule has 3 nitrogen and oxygen atoms in total. The van der Waals surface area contributed by atoms with Gasteiger partial charge < -0.3 is 10.2 Å². The van der Waals surface area contributed by atoms with Crippen molar-refractivity contribution in [1.29, 1.82) is 0 Å². The molecule has 1 aromatic carbocycles. The number of nitrogens with one attached hydrogen (secondary N) is 1. The Bertz CT molecular complexity index is 412. The van der Waals surface area contributed by atoms with Crippen molar-refractivity contribution >= 4 is 5.91 Å². The van der Waals surface area contributed by atoms with E-state index in [9.17, 15) is 4.79 Å². The molecule has 0 aromatic heterocycles. The lowest BCUT2D eigenvalue weighted by atomic mass is 10.1. The monoisotopic (exact) mass is 306 g/mol. The number of rotatable bonds is 1. The third-order valence-electron chi connectivity index (χ3n) is 3.60. The molecule has 2 aliphatic rings. The van der Waals surface area contributed by atoms with Crippen molar-refractivity contribution in [3.63, 3.8) is 0 Å². The number of piperidine rings is 1.